The zero-order chi connectivity index (χ0) is 19.0. The van der Waals surface area contributed by atoms with Crippen LogP contribution < -0.4 is 5.32 Å². The maximum atomic E-state index is 12.6. The highest BCUT2D eigenvalue weighted by molar-refractivity contribution is 7.92. The van der Waals surface area contributed by atoms with Crippen LogP contribution in [0, 0.1) is 10.1 Å². The number of sulfone groups is 1. The van der Waals surface area contributed by atoms with Crippen molar-refractivity contribution in [2.45, 2.75) is 30.3 Å². The van der Waals surface area contributed by atoms with Crippen LogP contribution in [0.5, 0.6) is 0 Å². The van der Waals surface area contributed by atoms with Crippen LogP contribution in [0.2, 0.25) is 0 Å². The number of nitrogens with one attached hydrogen (secondary N) is 1. The van der Waals surface area contributed by atoms with Crippen molar-refractivity contribution in [3.8, 4) is 0 Å². The van der Waals surface area contributed by atoms with Gasteiger partial charge in [-0.3, -0.25) is 14.8 Å². The number of anilines is 2. The number of hydrogen-bond donors (Lipinski definition) is 1. The summed E-state index contributed by atoms with van der Waals surface area (Å²) in [5.74, 6) is 0. The molecular weight excluding hydrogens is 365 g/mol. The molecule has 0 aliphatic carbocycles. The highest BCUT2D eigenvalue weighted by Gasteiger charge is 2.47. The Morgan fingerprint density at radius 3 is 2.44 bits per heavy atom. The summed E-state index contributed by atoms with van der Waals surface area (Å²) in [5, 5.41) is 17.8. The lowest BCUT2D eigenvalue weighted by molar-refractivity contribution is -0.384. The van der Waals surface area contributed by atoms with Gasteiger partial charge in [0.1, 0.15) is 5.69 Å². The molecule has 0 aliphatic heterocycles. The Balaban J connectivity index is 2.45. The molecule has 0 bridgehead atoms. The Hall–Kier alpha value is -2.63. The van der Waals surface area contributed by atoms with E-state index in [1.54, 1.807) is 10.9 Å². The molecule has 1 aromatic carbocycles. The Bertz CT molecular complexity index is 906. The number of nitro groups is 1. The zero-order valence-corrected chi connectivity index (χ0v) is 13.8. The van der Waals surface area contributed by atoms with E-state index < -0.39 is 30.9 Å². The molecule has 1 heterocycles. The number of aromatic nitrogens is 2. The predicted octanol–water partition coefficient (Wildman–Crippen LogP) is 3.41. The van der Waals surface area contributed by atoms with E-state index in [0.29, 0.717) is 17.8 Å². The second-order valence-electron chi connectivity index (χ2n) is 5.31. The van der Waals surface area contributed by atoms with E-state index in [1.165, 1.54) is 6.20 Å². The molecule has 0 unspecified atom stereocenters. The van der Waals surface area contributed by atoms with Crippen LogP contribution in [0.1, 0.15) is 19.9 Å². The first-order valence-corrected chi connectivity index (χ1v) is 8.33. The van der Waals surface area contributed by atoms with Gasteiger partial charge >= 0.3 is 5.51 Å². The lowest BCUT2D eigenvalue weighted by Crippen LogP contribution is -2.23. The van der Waals surface area contributed by atoms with Crippen molar-refractivity contribution < 1.29 is 26.5 Å². The van der Waals surface area contributed by atoms with Crippen molar-refractivity contribution in [3.63, 3.8) is 0 Å². The Morgan fingerprint density at radius 2 is 1.96 bits per heavy atom. The molecule has 25 heavy (non-hydrogen) atoms. The average Bonchev–Trinajstić information content (AvgIpc) is 2.94. The van der Waals surface area contributed by atoms with Crippen LogP contribution in [0.3, 0.4) is 0 Å². The van der Waals surface area contributed by atoms with E-state index in [0.717, 1.165) is 6.07 Å². The third-order valence-corrected chi connectivity index (χ3v) is 4.67. The van der Waals surface area contributed by atoms with Crippen molar-refractivity contribution in [2.75, 3.05) is 5.32 Å². The largest absolute Gasteiger partial charge is 0.501 e. The molecule has 12 heteroatoms. The molecule has 0 fully saturated rings. The van der Waals surface area contributed by atoms with E-state index in [1.807, 2.05) is 13.8 Å². The quantitative estimate of drug-likeness (QED) is 0.631. The summed E-state index contributed by atoms with van der Waals surface area (Å²) < 4.78 is 62.1. The normalized spacial score (nSPS) is 12.4. The Kier molecular flexibility index (Phi) is 4.75. The first kappa shape index (κ1) is 18.7. The van der Waals surface area contributed by atoms with Crippen molar-refractivity contribution >= 4 is 26.9 Å². The number of alkyl halides is 3. The summed E-state index contributed by atoms with van der Waals surface area (Å²) in [4.78, 5) is 8.96. The number of halogens is 3. The highest BCUT2D eigenvalue weighted by atomic mass is 32.2. The first-order chi connectivity index (χ1) is 11.4. The van der Waals surface area contributed by atoms with Crippen molar-refractivity contribution in [1.29, 1.82) is 0 Å². The molecule has 136 valence electrons. The minimum absolute atomic E-state index is 0.0323. The predicted molar refractivity (Wildman–Crippen MR) is 82.2 cm³/mol. The van der Waals surface area contributed by atoms with Gasteiger partial charge in [-0.1, -0.05) is 0 Å². The van der Waals surface area contributed by atoms with Gasteiger partial charge in [0.25, 0.3) is 15.5 Å². The molecule has 0 spiro atoms. The van der Waals surface area contributed by atoms with Crippen LogP contribution in [0.15, 0.2) is 35.5 Å². The molecular formula is C13H13F3N4O4S. The van der Waals surface area contributed by atoms with Gasteiger partial charge in [-0.2, -0.15) is 18.3 Å². The number of nitro benzene ring substituents is 1. The van der Waals surface area contributed by atoms with Gasteiger partial charge in [0.15, 0.2) is 0 Å². The van der Waals surface area contributed by atoms with Gasteiger partial charge in [0.05, 0.1) is 21.7 Å². The standard InChI is InChI=1S/C13H13F3N4O4S/c1-8(2)19-7-9(6-17-19)18-11-4-3-10(5-12(11)20(21)22)25(23,24)13(14,15)16/h3-8,18H,1-2H3. The molecule has 2 rings (SSSR count). The number of benzene rings is 1. The lowest BCUT2D eigenvalue weighted by atomic mass is 10.2. The molecule has 0 aliphatic rings. The lowest BCUT2D eigenvalue weighted by Gasteiger charge is -2.10. The van der Waals surface area contributed by atoms with Crippen molar-refractivity contribution in [2.24, 2.45) is 0 Å². The van der Waals surface area contributed by atoms with Gasteiger partial charge in [0.2, 0.25) is 0 Å². The maximum absolute atomic E-state index is 12.6. The zero-order valence-electron chi connectivity index (χ0n) is 13.0. The molecule has 2 aromatic rings. The third kappa shape index (κ3) is 3.73. The molecule has 1 aromatic heterocycles. The minimum Gasteiger partial charge on any atom is -0.347 e. The van der Waals surface area contributed by atoms with E-state index >= 15 is 0 Å². The minimum atomic E-state index is -5.68. The van der Waals surface area contributed by atoms with Gasteiger partial charge in [-0.25, -0.2) is 8.42 Å². The maximum Gasteiger partial charge on any atom is 0.501 e. The van der Waals surface area contributed by atoms with Crippen LogP contribution in [-0.4, -0.2) is 28.6 Å². The third-order valence-electron chi connectivity index (χ3n) is 3.19. The number of nitrogens with zero attached hydrogens (tertiary/aromatic N) is 3. The number of rotatable bonds is 5. The first-order valence-electron chi connectivity index (χ1n) is 6.84. The summed E-state index contributed by atoms with van der Waals surface area (Å²) >= 11 is 0. The Morgan fingerprint density at radius 1 is 1.32 bits per heavy atom. The van der Waals surface area contributed by atoms with E-state index in [4.69, 9.17) is 0 Å². The smallest absolute Gasteiger partial charge is 0.347 e. The molecule has 1 N–H and O–H groups in total. The van der Waals surface area contributed by atoms with E-state index in [9.17, 15) is 31.7 Å². The topological polar surface area (TPSA) is 107 Å². The molecule has 0 amide bonds. The Labute approximate surface area is 140 Å². The van der Waals surface area contributed by atoms with Crippen LogP contribution in [0.25, 0.3) is 0 Å². The van der Waals surface area contributed by atoms with Crippen molar-refractivity contribution in [3.05, 3.63) is 40.7 Å². The fourth-order valence-corrected chi connectivity index (χ4v) is 2.69. The fraction of sp³-hybridized carbons (Fsp3) is 0.308. The summed E-state index contributed by atoms with van der Waals surface area (Å²) in [7, 11) is -5.68. The molecule has 0 saturated heterocycles. The van der Waals surface area contributed by atoms with Gasteiger partial charge in [-0.05, 0) is 26.0 Å². The second-order valence-corrected chi connectivity index (χ2v) is 7.25. The van der Waals surface area contributed by atoms with Crippen LogP contribution in [-0.2, 0) is 9.84 Å². The molecule has 0 atom stereocenters. The molecule has 0 radical (unpaired) electrons. The van der Waals surface area contributed by atoms with Gasteiger partial charge in [0, 0.05) is 18.3 Å². The fourth-order valence-electron chi connectivity index (χ4n) is 1.91. The van der Waals surface area contributed by atoms with E-state index in [-0.39, 0.29) is 11.7 Å². The average molecular weight is 378 g/mol. The summed E-state index contributed by atoms with van der Waals surface area (Å²) in [6.07, 6.45) is 2.93. The second kappa shape index (κ2) is 6.35. The molecule has 8 nitrogen and oxygen atoms in total. The summed E-state index contributed by atoms with van der Waals surface area (Å²) in [6, 6.07) is 1.97. The summed E-state index contributed by atoms with van der Waals surface area (Å²) in [6.45, 7) is 3.71. The van der Waals surface area contributed by atoms with Crippen molar-refractivity contribution in [1.82, 2.24) is 9.78 Å². The van der Waals surface area contributed by atoms with E-state index in [2.05, 4.69) is 10.4 Å². The molecule has 0 saturated carbocycles. The van der Waals surface area contributed by atoms with Gasteiger partial charge in [-0.15, -0.1) is 0 Å². The van der Waals surface area contributed by atoms with Crippen LogP contribution >= 0.6 is 0 Å². The monoisotopic (exact) mass is 378 g/mol. The SMILES string of the molecule is CC(C)n1cc(Nc2ccc(S(=O)(=O)C(F)(F)F)cc2[N+](=O)[O-])cn1. The summed E-state index contributed by atoms with van der Waals surface area (Å²) in [5.41, 5.74) is -6.14. The van der Waals surface area contributed by atoms with Gasteiger partial charge < -0.3 is 5.32 Å². The van der Waals surface area contributed by atoms with Crippen LogP contribution in [0.4, 0.5) is 30.2 Å². The number of hydrogen-bond acceptors (Lipinski definition) is 6. The highest BCUT2D eigenvalue weighted by Crippen LogP contribution is 2.35.